The van der Waals surface area contributed by atoms with E-state index in [2.05, 4.69) is 10.0 Å². The van der Waals surface area contributed by atoms with E-state index < -0.39 is 0 Å². The van der Waals surface area contributed by atoms with Gasteiger partial charge in [-0.05, 0) is 11.6 Å². The van der Waals surface area contributed by atoms with Gasteiger partial charge in [0.15, 0.2) is 11.5 Å². The van der Waals surface area contributed by atoms with Gasteiger partial charge in [0.2, 0.25) is 5.75 Å². The lowest BCUT2D eigenvalue weighted by Crippen LogP contribution is -1.98. The fourth-order valence-corrected chi connectivity index (χ4v) is 1.40. The molecule has 6 heteroatoms. The molecule has 0 aliphatic carbocycles. The van der Waals surface area contributed by atoms with Crippen LogP contribution in [0.1, 0.15) is 5.56 Å². The van der Waals surface area contributed by atoms with Crippen LogP contribution in [-0.2, 0) is 6.54 Å². The molecule has 0 aliphatic heterocycles. The Balaban J connectivity index is 3.24. The second-order valence-corrected chi connectivity index (χ2v) is 2.88. The first-order chi connectivity index (χ1) is 7.78. The average Bonchev–Trinajstić information content (AvgIpc) is 2.34. The Morgan fingerprint density at radius 3 is 2.31 bits per heavy atom. The summed E-state index contributed by atoms with van der Waals surface area (Å²) in [5.41, 5.74) is 9.03. The predicted octanol–water partition coefficient (Wildman–Crippen LogP) is 2.52. The smallest absolute Gasteiger partial charge is 0.203 e. The van der Waals surface area contributed by atoms with Gasteiger partial charge in [-0.25, -0.2) is 0 Å². The molecular formula is C10H13N3O3. The van der Waals surface area contributed by atoms with Crippen molar-refractivity contribution in [3.8, 4) is 17.2 Å². The molecule has 0 amide bonds. The molecule has 6 nitrogen and oxygen atoms in total. The number of hydrogen-bond donors (Lipinski definition) is 0. The maximum Gasteiger partial charge on any atom is 0.203 e. The summed E-state index contributed by atoms with van der Waals surface area (Å²) in [5.74, 6) is 1.59. The minimum atomic E-state index is 0.208. The highest BCUT2D eigenvalue weighted by molar-refractivity contribution is 5.55. The van der Waals surface area contributed by atoms with Gasteiger partial charge < -0.3 is 14.2 Å². The Labute approximate surface area is 93.4 Å². The molecule has 1 aromatic rings. The first-order valence-electron chi connectivity index (χ1n) is 4.57. The van der Waals surface area contributed by atoms with Crippen LogP contribution >= 0.6 is 0 Å². The molecular weight excluding hydrogens is 210 g/mol. The molecule has 0 aromatic heterocycles. The monoisotopic (exact) mass is 223 g/mol. The van der Waals surface area contributed by atoms with Crippen LogP contribution in [0.15, 0.2) is 17.2 Å². The van der Waals surface area contributed by atoms with Crippen LogP contribution in [0.3, 0.4) is 0 Å². The van der Waals surface area contributed by atoms with Gasteiger partial charge in [-0.1, -0.05) is 11.2 Å². The summed E-state index contributed by atoms with van der Waals surface area (Å²) in [6, 6.07) is 3.51. The fourth-order valence-electron chi connectivity index (χ4n) is 1.40. The van der Waals surface area contributed by atoms with Crippen LogP contribution in [0.2, 0.25) is 0 Å². The summed E-state index contributed by atoms with van der Waals surface area (Å²) >= 11 is 0. The number of benzene rings is 1. The predicted molar refractivity (Wildman–Crippen MR) is 58.9 cm³/mol. The molecule has 0 bridgehead atoms. The van der Waals surface area contributed by atoms with E-state index in [1.54, 1.807) is 19.2 Å². The zero-order valence-electron chi connectivity index (χ0n) is 9.43. The van der Waals surface area contributed by atoms with Crippen LogP contribution in [-0.4, -0.2) is 21.3 Å². The van der Waals surface area contributed by atoms with Crippen molar-refractivity contribution in [2.75, 3.05) is 21.3 Å². The lowest BCUT2D eigenvalue weighted by atomic mass is 10.1. The zero-order chi connectivity index (χ0) is 12.0. The third kappa shape index (κ3) is 2.29. The standard InChI is InChI=1S/C10H13N3O3/c1-14-8-5-4-7(6-12-13-11)9(15-2)10(8)16-3/h4-5H,6H2,1-3H3. The highest BCUT2D eigenvalue weighted by Crippen LogP contribution is 2.39. The zero-order valence-corrected chi connectivity index (χ0v) is 9.43. The van der Waals surface area contributed by atoms with Crippen molar-refractivity contribution >= 4 is 0 Å². The maximum absolute atomic E-state index is 8.28. The SMILES string of the molecule is COc1ccc(CN=[N+]=[N-])c(OC)c1OC. The van der Waals surface area contributed by atoms with E-state index in [9.17, 15) is 0 Å². The summed E-state index contributed by atoms with van der Waals surface area (Å²) in [5, 5.41) is 3.49. The van der Waals surface area contributed by atoms with Crippen LogP contribution in [0.5, 0.6) is 17.2 Å². The van der Waals surface area contributed by atoms with Crippen molar-refractivity contribution in [3.63, 3.8) is 0 Å². The van der Waals surface area contributed by atoms with E-state index in [4.69, 9.17) is 19.7 Å². The minimum absolute atomic E-state index is 0.208. The molecule has 0 heterocycles. The van der Waals surface area contributed by atoms with Crippen LogP contribution < -0.4 is 14.2 Å². The number of nitrogens with zero attached hydrogens (tertiary/aromatic N) is 3. The lowest BCUT2D eigenvalue weighted by molar-refractivity contribution is 0.322. The molecule has 0 atom stereocenters. The lowest BCUT2D eigenvalue weighted by Gasteiger charge is -2.14. The summed E-state index contributed by atoms with van der Waals surface area (Å²) in [7, 11) is 4.60. The van der Waals surface area contributed by atoms with Crippen molar-refractivity contribution < 1.29 is 14.2 Å². The highest BCUT2D eigenvalue weighted by atomic mass is 16.5. The Morgan fingerprint density at radius 2 is 1.81 bits per heavy atom. The van der Waals surface area contributed by atoms with E-state index in [0.29, 0.717) is 17.2 Å². The normalized spacial score (nSPS) is 9.19. The molecule has 0 N–H and O–H groups in total. The van der Waals surface area contributed by atoms with E-state index in [0.717, 1.165) is 5.56 Å². The van der Waals surface area contributed by atoms with Crippen LogP contribution in [0.25, 0.3) is 10.4 Å². The van der Waals surface area contributed by atoms with Gasteiger partial charge in [0, 0.05) is 10.5 Å². The molecule has 0 saturated heterocycles. The van der Waals surface area contributed by atoms with Crippen LogP contribution in [0, 0.1) is 0 Å². The third-order valence-corrected chi connectivity index (χ3v) is 2.09. The van der Waals surface area contributed by atoms with Gasteiger partial charge in [-0.15, -0.1) is 0 Å². The minimum Gasteiger partial charge on any atom is -0.493 e. The molecule has 0 spiro atoms. The summed E-state index contributed by atoms with van der Waals surface area (Å²) in [6.45, 7) is 0.208. The molecule has 1 aromatic carbocycles. The third-order valence-electron chi connectivity index (χ3n) is 2.09. The summed E-state index contributed by atoms with van der Waals surface area (Å²) < 4.78 is 15.5. The largest absolute Gasteiger partial charge is 0.493 e. The molecule has 0 radical (unpaired) electrons. The molecule has 1 rings (SSSR count). The van der Waals surface area contributed by atoms with Crippen molar-refractivity contribution in [1.29, 1.82) is 0 Å². The van der Waals surface area contributed by atoms with E-state index >= 15 is 0 Å². The summed E-state index contributed by atoms with van der Waals surface area (Å²) in [6.07, 6.45) is 0. The fraction of sp³-hybridized carbons (Fsp3) is 0.400. The van der Waals surface area contributed by atoms with E-state index in [1.807, 2.05) is 0 Å². The van der Waals surface area contributed by atoms with Crippen molar-refractivity contribution in [2.24, 2.45) is 5.11 Å². The first-order valence-corrected chi connectivity index (χ1v) is 4.57. The van der Waals surface area contributed by atoms with Gasteiger partial charge in [0.1, 0.15) is 0 Å². The summed E-state index contributed by atoms with van der Waals surface area (Å²) in [4.78, 5) is 2.70. The van der Waals surface area contributed by atoms with Gasteiger partial charge in [0.25, 0.3) is 0 Å². The highest BCUT2D eigenvalue weighted by Gasteiger charge is 2.14. The molecule has 16 heavy (non-hydrogen) atoms. The number of rotatable bonds is 5. The second kappa shape index (κ2) is 5.72. The van der Waals surface area contributed by atoms with Crippen molar-refractivity contribution in [2.45, 2.75) is 6.54 Å². The van der Waals surface area contributed by atoms with Crippen molar-refractivity contribution in [1.82, 2.24) is 0 Å². The van der Waals surface area contributed by atoms with E-state index in [1.165, 1.54) is 14.2 Å². The molecule has 0 saturated carbocycles. The molecule has 0 fully saturated rings. The Hall–Kier alpha value is -2.07. The second-order valence-electron chi connectivity index (χ2n) is 2.88. The maximum atomic E-state index is 8.28. The Bertz CT molecular complexity index is 414. The molecule has 0 aliphatic rings. The Morgan fingerprint density at radius 1 is 1.12 bits per heavy atom. The average molecular weight is 223 g/mol. The number of hydrogen-bond acceptors (Lipinski definition) is 4. The number of azide groups is 1. The molecule has 0 unspecified atom stereocenters. The topological polar surface area (TPSA) is 76.5 Å². The van der Waals surface area contributed by atoms with Gasteiger partial charge in [0.05, 0.1) is 27.9 Å². The number of ether oxygens (including phenoxy) is 3. The molecule has 86 valence electrons. The number of methoxy groups -OCH3 is 3. The first kappa shape index (κ1) is 12.0. The van der Waals surface area contributed by atoms with Gasteiger partial charge in [-0.3, -0.25) is 0 Å². The Kier molecular flexibility index (Phi) is 4.29. The van der Waals surface area contributed by atoms with Gasteiger partial charge in [-0.2, -0.15) is 0 Å². The quantitative estimate of drug-likeness (QED) is 0.437. The van der Waals surface area contributed by atoms with Crippen LogP contribution in [0.4, 0.5) is 0 Å². The van der Waals surface area contributed by atoms with E-state index in [-0.39, 0.29) is 6.54 Å². The van der Waals surface area contributed by atoms with Crippen molar-refractivity contribution in [3.05, 3.63) is 28.1 Å². The van der Waals surface area contributed by atoms with Gasteiger partial charge >= 0.3 is 0 Å².